The van der Waals surface area contributed by atoms with Crippen molar-refractivity contribution >= 4 is 0 Å². The molecule has 16 heavy (non-hydrogen) atoms. The Hall–Kier alpha value is -0.860. The molecular formula is C14H22N2. The minimum atomic E-state index is 0.638. The van der Waals surface area contributed by atoms with Gasteiger partial charge in [0, 0.05) is 19.1 Å². The summed E-state index contributed by atoms with van der Waals surface area (Å²) in [5.74, 6) is 0.687. The van der Waals surface area contributed by atoms with Crippen molar-refractivity contribution in [2.24, 2.45) is 0 Å². The molecule has 0 bridgehead atoms. The smallest absolute Gasteiger partial charge is 0.0198 e. The van der Waals surface area contributed by atoms with E-state index in [0.717, 1.165) is 6.54 Å². The van der Waals surface area contributed by atoms with Gasteiger partial charge in [0.15, 0.2) is 0 Å². The highest BCUT2D eigenvalue weighted by Gasteiger charge is 2.26. The minimum Gasteiger partial charge on any atom is -0.316 e. The molecule has 1 saturated heterocycles. The number of piperidine rings is 1. The summed E-state index contributed by atoms with van der Waals surface area (Å²) in [5.41, 5.74) is 1.49. The Kier molecular flexibility index (Phi) is 3.97. The zero-order valence-corrected chi connectivity index (χ0v) is 10.3. The van der Waals surface area contributed by atoms with E-state index in [1.54, 1.807) is 0 Å². The maximum absolute atomic E-state index is 3.43. The summed E-state index contributed by atoms with van der Waals surface area (Å²) in [7, 11) is 2.08. The Morgan fingerprint density at radius 3 is 2.62 bits per heavy atom. The van der Waals surface area contributed by atoms with E-state index in [1.165, 1.54) is 25.1 Å². The van der Waals surface area contributed by atoms with Gasteiger partial charge in [0.05, 0.1) is 0 Å². The predicted molar refractivity (Wildman–Crippen MR) is 68.8 cm³/mol. The first-order valence-corrected chi connectivity index (χ1v) is 6.28. The van der Waals surface area contributed by atoms with E-state index in [-0.39, 0.29) is 0 Å². The van der Waals surface area contributed by atoms with Crippen molar-refractivity contribution in [3.05, 3.63) is 35.9 Å². The molecule has 0 saturated carbocycles. The van der Waals surface area contributed by atoms with Gasteiger partial charge in [-0.05, 0) is 31.5 Å². The maximum atomic E-state index is 3.43. The van der Waals surface area contributed by atoms with Crippen molar-refractivity contribution < 1.29 is 0 Å². The number of hydrogen-bond acceptors (Lipinski definition) is 2. The van der Waals surface area contributed by atoms with Crippen LogP contribution in [-0.2, 0) is 0 Å². The molecule has 0 spiro atoms. The van der Waals surface area contributed by atoms with Crippen molar-refractivity contribution in [1.82, 2.24) is 10.2 Å². The average Bonchev–Trinajstić information content (AvgIpc) is 2.39. The van der Waals surface area contributed by atoms with Crippen LogP contribution in [0.3, 0.4) is 0 Å². The molecule has 2 rings (SSSR count). The molecule has 0 radical (unpaired) electrons. The maximum Gasteiger partial charge on any atom is 0.0198 e. The number of hydrogen-bond donors (Lipinski definition) is 1. The van der Waals surface area contributed by atoms with Gasteiger partial charge in [0.2, 0.25) is 0 Å². The largest absolute Gasteiger partial charge is 0.316 e. The monoisotopic (exact) mass is 218 g/mol. The Morgan fingerprint density at radius 2 is 2.00 bits per heavy atom. The third-order valence-electron chi connectivity index (χ3n) is 3.65. The molecule has 1 aromatic rings. The Bertz CT molecular complexity index is 298. The van der Waals surface area contributed by atoms with Crippen molar-refractivity contribution in [2.45, 2.75) is 25.3 Å². The number of nitrogens with zero attached hydrogens (tertiary/aromatic N) is 1. The van der Waals surface area contributed by atoms with Crippen LogP contribution in [0.4, 0.5) is 0 Å². The van der Waals surface area contributed by atoms with Gasteiger partial charge in [-0.3, -0.25) is 0 Å². The van der Waals surface area contributed by atoms with E-state index in [1.807, 2.05) is 0 Å². The van der Waals surface area contributed by atoms with E-state index < -0.39 is 0 Å². The molecule has 1 heterocycles. The quantitative estimate of drug-likeness (QED) is 0.835. The fourth-order valence-electron chi connectivity index (χ4n) is 2.62. The lowest BCUT2D eigenvalue weighted by atomic mass is 9.88. The molecule has 2 unspecified atom stereocenters. The number of likely N-dealkylation sites (tertiary alicyclic amines) is 1. The molecule has 1 aromatic carbocycles. The van der Waals surface area contributed by atoms with Crippen LogP contribution in [0.2, 0.25) is 0 Å². The minimum absolute atomic E-state index is 0.638. The van der Waals surface area contributed by atoms with Gasteiger partial charge in [-0.15, -0.1) is 0 Å². The highest BCUT2D eigenvalue weighted by molar-refractivity contribution is 5.21. The van der Waals surface area contributed by atoms with Crippen LogP contribution in [-0.4, -0.2) is 37.6 Å². The standard InChI is InChI=1S/C14H22N2/c1-3-16-10-13(9-14(11-16)15-2)12-7-5-4-6-8-12/h4-8,13-15H,3,9-11H2,1-2H3. The summed E-state index contributed by atoms with van der Waals surface area (Å²) in [6, 6.07) is 11.6. The summed E-state index contributed by atoms with van der Waals surface area (Å²) >= 11 is 0. The molecule has 1 fully saturated rings. The van der Waals surface area contributed by atoms with E-state index >= 15 is 0 Å². The highest BCUT2D eigenvalue weighted by atomic mass is 15.2. The Balaban J connectivity index is 2.09. The fourth-order valence-corrected chi connectivity index (χ4v) is 2.62. The zero-order valence-electron chi connectivity index (χ0n) is 10.3. The zero-order chi connectivity index (χ0) is 11.4. The molecule has 0 aromatic heterocycles. The van der Waals surface area contributed by atoms with Crippen LogP contribution in [0.5, 0.6) is 0 Å². The molecule has 0 amide bonds. The second-order valence-electron chi connectivity index (χ2n) is 4.68. The number of nitrogens with one attached hydrogen (secondary N) is 1. The van der Waals surface area contributed by atoms with Crippen molar-refractivity contribution in [2.75, 3.05) is 26.7 Å². The second kappa shape index (κ2) is 5.46. The molecule has 2 heteroatoms. The lowest BCUT2D eigenvalue weighted by Crippen LogP contribution is -2.47. The Labute approximate surface area is 98.7 Å². The van der Waals surface area contributed by atoms with E-state index in [2.05, 4.69) is 54.5 Å². The van der Waals surface area contributed by atoms with Crippen LogP contribution in [0.25, 0.3) is 0 Å². The van der Waals surface area contributed by atoms with Gasteiger partial charge in [-0.1, -0.05) is 37.3 Å². The van der Waals surface area contributed by atoms with Gasteiger partial charge >= 0.3 is 0 Å². The normalized spacial score (nSPS) is 26.9. The van der Waals surface area contributed by atoms with Gasteiger partial charge in [-0.2, -0.15) is 0 Å². The summed E-state index contributed by atoms with van der Waals surface area (Å²) in [6.07, 6.45) is 1.26. The number of likely N-dealkylation sites (N-methyl/N-ethyl adjacent to an activating group) is 2. The number of rotatable bonds is 3. The predicted octanol–water partition coefficient (Wildman–Crippen LogP) is 2.08. The Morgan fingerprint density at radius 1 is 1.25 bits per heavy atom. The van der Waals surface area contributed by atoms with Gasteiger partial charge < -0.3 is 10.2 Å². The number of benzene rings is 1. The van der Waals surface area contributed by atoms with E-state index in [4.69, 9.17) is 0 Å². The van der Waals surface area contributed by atoms with Crippen LogP contribution in [0, 0.1) is 0 Å². The first kappa shape index (κ1) is 11.6. The van der Waals surface area contributed by atoms with E-state index in [0.29, 0.717) is 12.0 Å². The van der Waals surface area contributed by atoms with E-state index in [9.17, 15) is 0 Å². The second-order valence-corrected chi connectivity index (χ2v) is 4.68. The molecule has 1 aliphatic rings. The summed E-state index contributed by atoms with van der Waals surface area (Å²) in [5, 5.41) is 3.43. The first-order chi connectivity index (χ1) is 7.83. The fraction of sp³-hybridized carbons (Fsp3) is 0.571. The summed E-state index contributed by atoms with van der Waals surface area (Å²) in [6.45, 7) is 5.80. The van der Waals surface area contributed by atoms with Crippen molar-refractivity contribution in [3.8, 4) is 0 Å². The van der Waals surface area contributed by atoms with Gasteiger partial charge in [0.1, 0.15) is 0 Å². The molecule has 1 N–H and O–H groups in total. The molecule has 88 valence electrons. The molecule has 2 atom stereocenters. The molecular weight excluding hydrogens is 196 g/mol. The molecule has 1 aliphatic heterocycles. The molecule has 2 nitrogen and oxygen atoms in total. The van der Waals surface area contributed by atoms with Gasteiger partial charge in [-0.25, -0.2) is 0 Å². The summed E-state index contributed by atoms with van der Waals surface area (Å²) < 4.78 is 0. The van der Waals surface area contributed by atoms with Crippen LogP contribution < -0.4 is 5.32 Å². The van der Waals surface area contributed by atoms with Crippen LogP contribution >= 0.6 is 0 Å². The van der Waals surface area contributed by atoms with Crippen LogP contribution in [0.15, 0.2) is 30.3 Å². The van der Waals surface area contributed by atoms with Crippen molar-refractivity contribution in [3.63, 3.8) is 0 Å². The topological polar surface area (TPSA) is 15.3 Å². The average molecular weight is 218 g/mol. The SMILES string of the molecule is CCN1CC(NC)CC(c2ccccc2)C1. The lowest BCUT2D eigenvalue weighted by molar-refractivity contribution is 0.183. The third kappa shape index (κ3) is 2.63. The third-order valence-corrected chi connectivity index (χ3v) is 3.65. The van der Waals surface area contributed by atoms with Crippen LogP contribution in [0.1, 0.15) is 24.8 Å². The summed E-state index contributed by atoms with van der Waals surface area (Å²) in [4.78, 5) is 2.54. The molecule has 0 aliphatic carbocycles. The van der Waals surface area contributed by atoms with Gasteiger partial charge in [0.25, 0.3) is 0 Å². The van der Waals surface area contributed by atoms with Crippen molar-refractivity contribution in [1.29, 1.82) is 0 Å². The first-order valence-electron chi connectivity index (χ1n) is 6.28. The lowest BCUT2D eigenvalue weighted by Gasteiger charge is -2.37. The highest BCUT2D eigenvalue weighted by Crippen LogP contribution is 2.26.